The van der Waals surface area contributed by atoms with E-state index in [2.05, 4.69) is 52.0 Å². The Labute approximate surface area is 147 Å². The van der Waals surface area contributed by atoms with Crippen LogP contribution in [-0.2, 0) is 0 Å². The Kier molecular flexibility index (Phi) is 3.99. The summed E-state index contributed by atoms with van der Waals surface area (Å²) in [4.78, 5) is 9.39. The molecule has 4 nitrogen and oxygen atoms in total. The van der Waals surface area contributed by atoms with Crippen LogP contribution in [0.5, 0.6) is 0 Å². The number of benzene rings is 2. The third-order valence-corrected chi connectivity index (χ3v) is 4.81. The molecule has 1 fully saturated rings. The van der Waals surface area contributed by atoms with E-state index >= 15 is 0 Å². The number of nitriles is 1. The molecule has 2 heterocycles. The molecule has 4 heteroatoms. The SMILES string of the molecule is Cc1cc(N2CCN(c3ccccc3C#N)CC2)c2ccccc2n1. The second kappa shape index (κ2) is 6.45. The number of pyridine rings is 1. The second-order valence-corrected chi connectivity index (χ2v) is 6.40. The second-order valence-electron chi connectivity index (χ2n) is 6.40. The minimum Gasteiger partial charge on any atom is -0.367 e. The van der Waals surface area contributed by atoms with Gasteiger partial charge < -0.3 is 9.80 Å². The summed E-state index contributed by atoms with van der Waals surface area (Å²) in [6.45, 7) is 5.75. The highest BCUT2D eigenvalue weighted by Gasteiger charge is 2.21. The summed E-state index contributed by atoms with van der Waals surface area (Å²) in [6.07, 6.45) is 0. The topological polar surface area (TPSA) is 43.2 Å². The molecule has 0 radical (unpaired) electrons. The molecule has 0 aliphatic carbocycles. The third kappa shape index (κ3) is 2.89. The van der Waals surface area contributed by atoms with Gasteiger partial charge >= 0.3 is 0 Å². The van der Waals surface area contributed by atoms with Crippen LogP contribution in [0.25, 0.3) is 10.9 Å². The number of hydrogen-bond acceptors (Lipinski definition) is 4. The van der Waals surface area contributed by atoms with Crippen LogP contribution >= 0.6 is 0 Å². The summed E-state index contributed by atoms with van der Waals surface area (Å²) in [5, 5.41) is 10.5. The van der Waals surface area contributed by atoms with Crippen LogP contribution in [0.2, 0.25) is 0 Å². The minimum atomic E-state index is 0.751. The van der Waals surface area contributed by atoms with Crippen molar-refractivity contribution in [3.63, 3.8) is 0 Å². The van der Waals surface area contributed by atoms with Crippen molar-refractivity contribution in [1.29, 1.82) is 5.26 Å². The van der Waals surface area contributed by atoms with Gasteiger partial charge in [-0.25, -0.2) is 0 Å². The van der Waals surface area contributed by atoms with Crippen molar-refractivity contribution in [2.75, 3.05) is 36.0 Å². The number of para-hydroxylation sites is 2. The van der Waals surface area contributed by atoms with Gasteiger partial charge in [-0.2, -0.15) is 5.26 Å². The zero-order valence-electron chi connectivity index (χ0n) is 14.3. The summed E-state index contributed by atoms with van der Waals surface area (Å²) in [7, 11) is 0. The summed E-state index contributed by atoms with van der Waals surface area (Å²) in [5.41, 5.74) is 5.15. The number of rotatable bonds is 2. The van der Waals surface area contributed by atoms with E-state index in [-0.39, 0.29) is 0 Å². The minimum absolute atomic E-state index is 0.751. The van der Waals surface area contributed by atoms with Crippen LogP contribution in [0.1, 0.15) is 11.3 Å². The van der Waals surface area contributed by atoms with Crippen molar-refractivity contribution >= 4 is 22.3 Å². The van der Waals surface area contributed by atoms with Gasteiger partial charge in [0.25, 0.3) is 0 Å². The maximum Gasteiger partial charge on any atom is 0.101 e. The average molecular weight is 328 g/mol. The first-order chi connectivity index (χ1) is 12.3. The predicted octanol–water partition coefficient (Wildman–Crippen LogP) is 3.74. The molecule has 0 amide bonds. The molecule has 25 heavy (non-hydrogen) atoms. The zero-order valence-corrected chi connectivity index (χ0v) is 14.3. The van der Waals surface area contributed by atoms with Crippen LogP contribution < -0.4 is 9.80 Å². The van der Waals surface area contributed by atoms with Crippen LogP contribution in [0.3, 0.4) is 0 Å². The number of aryl methyl sites for hydroxylation is 1. The Morgan fingerprint density at radius 2 is 1.52 bits per heavy atom. The number of hydrogen-bond donors (Lipinski definition) is 0. The molecule has 0 saturated carbocycles. The molecule has 1 aliphatic heterocycles. The molecule has 0 bridgehead atoms. The fraction of sp³-hybridized carbons (Fsp3) is 0.238. The van der Waals surface area contributed by atoms with Crippen LogP contribution in [0.15, 0.2) is 54.6 Å². The van der Waals surface area contributed by atoms with Crippen molar-refractivity contribution in [3.8, 4) is 6.07 Å². The van der Waals surface area contributed by atoms with Crippen LogP contribution in [-0.4, -0.2) is 31.2 Å². The van der Waals surface area contributed by atoms with E-state index in [4.69, 9.17) is 0 Å². The van der Waals surface area contributed by atoms with Gasteiger partial charge in [0, 0.05) is 42.9 Å². The normalized spacial score (nSPS) is 14.6. The first kappa shape index (κ1) is 15.5. The molecule has 1 saturated heterocycles. The number of fused-ring (bicyclic) bond motifs is 1. The van der Waals surface area contributed by atoms with E-state index < -0.39 is 0 Å². The van der Waals surface area contributed by atoms with Crippen molar-refractivity contribution in [2.24, 2.45) is 0 Å². The number of piperazine rings is 1. The first-order valence-corrected chi connectivity index (χ1v) is 8.61. The largest absolute Gasteiger partial charge is 0.367 e. The molecular weight excluding hydrogens is 308 g/mol. The highest BCUT2D eigenvalue weighted by Crippen LogP contribution is 2.29. The fourth-order valence-electron chi connectivity index (χ4n) is 3.58. The average Bonchev–Trinajstić information content (AvgIpc) is 2.67. The highest BCUT2D eigenvalue weighted by atomic mass is 15.3. The van der Waals surface area contributed by atoms with Crippen molar-refractivity contribution < 1.29 is 0 Å². The van der Waals surface area contributed by atoms with Gasteiger partial charge in [-0.05, 0) is 31.2 Å². The number of anilines is 2. The lowest BCUT2D eigenvalue weighted by Gasteiger charge is -2.38. The van der Waals surface area contributed by atoms with Crippen molar-refractivity contribution in [1.82, 2.24) is 4.98 Å². The van der Waals surface area contributed by atoms with Crippen molar-refractivity contribution in [3.05, 3.63) is 65.9 Å². The quantitative estimate of drug-likeness (QED) is 0.719. The van der Waals surface area contributed by atoms with Gasteiger partial charge in [-0.15, -0.1) is 0 Å². The molecule has 1 aromatic heterocycles. The van der Waals surface area contributed by atoms with Gasteiger partial charge in [0.05, 0.1) is 16.8 Å². The summed E-state index contributed by atoms with van der Waals surface area (Å²) >= 11 is 0. The fourth-order valence-corrected chi connectivity index (χ4v) is 3.58. The number of nitrogens with zero attached hydrogens (tertiary/aromatic N) is 4. The van der Waals surface area contributed by atoms with E-state index in [9.17, 15) is 5.26 Å². The monoisotopic (exact) mass is 328 g/mol. The standard InChI is InChI=1S/C21H20N4/c1-16-14-21(18-7-3-4-8-19(18)23-16)25-12-10-24(11-13-25)20-9-5-2-6-17(20)15-22/h2-9,14H,10-13H2,1H3. The molecule has 1 aliphatic rings. The third-order valence-electron chi connectivity index (χ3n) is 4.81. The molecule has 4 rings (SSSR count). The Balaban J connectivity index is 1.60. The number of aromatic nitrogens is 1. The summed E-state index contributed by atoms with van der Waals surface area (Å²) in [5.74, 6) is 0. The molecular formula is C21H20N4. The zero-order chi connectivity index (χ0) is 17.2. The Morgan fingerprint density at radius 1 is 0.880 bits per heavy atom. The van der Waals surface area contributed by atoms with Gasteiger partial charge in [0.15, 0.2) is 0 Å². The van der Waals surface area contributed by atoms with Gasteiger partial charge in [-0.3, -0.25) is 4.98 Å². The maximum atomic E-state index is 9.33. The molecule has 2 aromatic carbocycles. The predicted molar refractivity (Wildman–Crippen MR) is 102 cm³/mol. The molecule has 0 spiro atoms. The molecule has 0 atom stereocenters. The van der Waals surface area contributed by atoms with Gasteiger partial charge in [-0.1, -0.05) is 30.3 Å². The Hall–Kier alpha value is -3.06. The first-order valence-electron chi connectivity index (χ1n) is 8.61. The maximum absolute atomic E-state index is 9.33. The lowest BCUT2D eigenvalue weighted by atomic mass is 10.1. The Morgan fingerprint density at radius 3 is 2.28 bits per heavy atom. The van der Waals surface area contributed by atoms with E-state index in [0.717, 1.165) is 48.6 Å². The Bertz CT molecular complexity index is 950. The van der Waals surface area contributed by atoms with Crippen LogP contribution in [0.4, 0.5) is 11.4 Å². The lowest BCUT2D eigenvalue weighted by molar-refractivity contribution is 0.654. The van der Waals surface area contributed by atoms with E-state index in [1.54, 1.807) is 0 Å². The van der Waals surface area contributed by atoms with E-state index in [1.165, 1.54) is 11.1 Å². The highest BCUT2D eigenvalue weighted by molar-refractivity contribution is 5.92. The van der Waals surface area contributed by atoms with Gasteiger partial charge in [0.2, 0.25) is 0 Å². The molecule has 0 unspecified atom stereocenters. The molecule has 3 aromatic rings. The molecule has 124 valence electrons. The smallest absolute Gasteiger partial charge is 0.101 e. The van der Waals surface area contributed by atoms with Gasteiger partial charge in [0.1, 0.15) is 6.07 Å². The van der Waals surface area contributed by atoms with E-state index in [1.807, 2.05) is 30.3 Å². The molecule has 0 N–H and O–H groups in total. The van der Waals surface area contributed by atoms with Crippen molar-refractivity contribution in [2.45, 2.75) is 6.92 Å². The lowest BCUT2D eigenvalue weighted by Crippen LogP contribution is -2.46. The van der Waals surface area contributed by atoms with E-state index in [0.29, 0.717) is 0 Å². The summed E-state index contributed by atoms with van der Waals surface area (Å²) in [6, 6.07) is 20.7. The summed E-state index contributed by atoms with van der Waals surface area (Å²) < 4.78 is 0. The van der Waals surface area contributed by atoms with Crippen LogP contribution in [0, 0.1) is 18.3 Å².